The van der Waals surface area contributed by atoms with E-state index in [1.54, 1.807) is 11.3 Å². The van der Waals surface area contributed by atoms with Crippen LogP contribution in [0.5, 0.6) is 5.75 Å². The number of nitrogens with zero attached hydrogens (tertiary/aromatic N) is 3. The largest absolute Gasteiger partial charge is 0.492 e. The van der Waals surface area contributed by atoms with Crippen molar-refractivity contribution >= 4 is 17.0 Å². The molecule has 6 heteroatoms. The van der Waals surface area contributed by atoms with Crippen molar-refractivity contribution in [3.63, 3.8) is 0 Å². The highest BCUT2D eigenvalue weighted by Crippen LogP contribution is 2.26. The summed E-state index contributed by atoms with van der Waals surface area (Å²) in [7, 11) is 0. The van der Waals surface area contributed by atoms with Crippen molar-refractivity contribution in [3.8, 4) is 5.75 Å². The van der Waals surface area contributed by atoms with E-state index >= 15 is 0 Å². The van der Waals surface area contributed by atoms with E-state index in [-0.39, 0.29) is 0 Å². The summed E-state index contributed by atoms with van der Waals surface area (Å²) in [5.74, 6) is 0.843. The predicted molar refractivity (Wildman–Crippen MR) is 102 cm³/mol. The maximum absolute atomic E-state index is 5.70. The lowest BCUT2D eigenvalue weighted by atomic mass is 10.3. The van der Waals surface area contributed by atoms with E-state index in [1.807, 2.05) is 31.2 Å². The van der Waals surface area contributed by atoms with Crippen molar-refractivity contribution in [3.05, 3.63) is 40.1 Å². The third-order valence-electron chi connectivity index (χ3n) is 4.33. The number of benzene rings is 1. The lowest BCUT2D eigenvalue weighted by molar-refractivity contribution is 0.0369. The van der Waals surface area contributed by atoms with Crippen LogP contribution in [0.1, 0.15) is 19.0 Å². The number of morpholine rings is 1. The minimum absolute atomic E-state index is 0.648. The smallest absolute Gasteiger partial charge is 0.190 e. The van der Waals surface area contributed by atoms with E-state index in [0.717, 1.165) is 62.1 Å². The van der Waals surface area contributed by atoms with Crippen LogP contribution in [0.15, 0.2) is 34.6 Å². The Morgan fingerprint density at radius 2 is 2.00 bits per heavy atom. The number of rotatable bonds is 7. The fraction of sp³-hybridized carbons (Fsp3) is 0.526. The summed E-state index contributed by atoms with van der Waals surface area (Å²) in [5, 5.41) is 2.18. The summed E-state index contributed by atoms with van der Waals surface area (Å²) < 4.78 is 13.4. The topological polar surface area (TPSA) is 39.0 Å². The van der Waals surface area contributed by atoms with E-state index in [4.69, 9.17) is 14.5 Å². The number of para-hydroxylation sites is 2. The molecule has 0 saturated carbocycles. The van der Waals surface area contributed by atoms with Crippen molar-refractivity contribution in [2.24, 2.45) is 4.99 Å². The first kappa shape index (κ1) is 18.2. The van der Waals surface area contributed by atoms with Crippen molar-refractivity contribution in [2.45, 2.75) is 26.8 Å². The summed E-state index contributed by atoms with van der Waals surface area (Å²) in [5.41, 5.74) is 2.16. The molecule has 3 rings (SSSR count). The third-order valence-corrected chi connectivity index (χ3v) is 5.31. The Bertz CT molecular complexity index is 732. The Morgan fingerprint density at radius 1 is 1.20 bits per heavy atom. The molecule has 136 valence electrons. The number of hydrogen-bond acceptors (Lipinski definition) is 5. The molecule has 0 radical (unpaired) electrons. The molecule has 1 aliphatic rings. The second-order valence-electron chi connectivity index (χ2n) is 6.13. The molecule has 1 saturated heterocycles. The first-order valence-electron chi connectivity index (χ1n) is 8.99. The number of aryl methyl sites for hydroxylation is 1. The van der Waals surface area contributed by atoms with Crippen LogP contribution in [0.3, 0.4) is 0 Å². The molecule has 0 N–H and O–H groups in total. The van der Waals surface area contributed by atoms with Crippen LogP contribution in [0.25, 0.3) is 0 Å². The van der Waals surface area contributed by atoms with Gasteiger partial charge in [-0.05, 0) is 32.4 Å². The van der Waals surface area contributed by atoms with Crippen LogP contribution >= 0.6 is 11.3 Å². The average Bonchev–Trinajstić information content (AvgIpc) is 2.98. The molecule has 0 spiro atoms. The van der Waals surface area contributed by atoms with E-state index in [9.17, 15) is 0 Å². The molecule has 1 aromatic heterocycles. The highest BCUT2D eigenvalue weighted by atomic mass is 32.1. The predicted octanol–water partition coefficient (Wildman–Crippen LogP) is 3.21. The second-order valence-corrected chi connectivity index (χ2v) is 6.97. The molecule has 0 aliphatic carbocycles. The quantitative estimate of drug-likeness (QED) is 0.760. The molecule has 1 aromatic carbocycles. The Morgan fingerprint density at radius 3 is 2.80 bits per heavy atom. The van der Waals surface area contributed by atoms with Gasteiger partial charge in [0.15, 0.2) is 4.80 Å². The van der Waals surface area contributed by atoms with Crippen LogP contribution in [0, 0.1) is 6.92 Å². The van der Waals surface area contributed by atoms with E-state index in [0.29, 0.717) is 6.61 Å². The van der Waals surface area contributed by atoms with Gasteiger partial charge in [-0.15, -0.1) is 11.3 Å². The van der Waals surface area contributed by atoms with Gasteiger partial charge >= 0.3 is 0 Å². The van der Waals surface area contributed by atoms with Gasteiger partial charge in [0.05, 0.1) is 19.8 Å². The molecule has 0 unspecified atom stereocenters. The van der Waals surface area contributed by atoms with Gasteiger partial charge < -0.3 is 14.0 Å². The molecule has 25 heavy (non-hydrogen) atoms. The number of ether oxygens (including phenoxy) is 2. The van der Waals surface area contributed by atoms with Crippen LogP contribution in [0.4, 0.5) is 5.69 Å². The molecule has 5 nitrogen and oxygen atoms in total. The third kappa shape index (κ3) is 4.93. The zero-order valence-corrected chi connectivity index (χ0v) is 15.9. The summed E-state index contributed by atoms with van der Waals surface area (Å²) in [6.45, 7) is 10.7. The summed E-state index contributed by atoms with van der Waals surface area (Å²) in [6, 6.07) is 7.98. The Labute approximate surface area is 153 Å². The lowest BCUT2D eigenvalue weighted by Crippen LogP contribution is -2.37. The van der Waals surface area contributed by atoms with Gasteiger partial charge in [0, 0.05) is 37.3 Å². The Hall–Kier alpha value is -1.63. The summed E-state index contributed by atoms with van der Waals surface area (Å²) >= 11 is 1.69. The number of aromatic nitrogens is 1. The highest BCUT2D eigenvalue weighted by molar-refractivity contribution is 7.07. The first-order valence-corrected chi connectivity index (χ1v) is 9.87. The average molecular weight is 362 g/mol. The molecule has 1 aliphatic heterocycles. The molecule has 2 heterocycles. The van der Waals surface area contributed by atoms with E-state index < -0.39 is 0 Å². The van der Waals surface area contributed by atoms with Crippen LogP contribution in [0.2, 0.25) is 0 Å². The molecule has 0 bridgehead atoms. The fourth-order valence-corrected chi connectivity index (χ4v) is 3.90. The van der Waals surface area contributed by atoms with Gasteiger partial charge in [-0.2, -0.15) is 0 Å². The van der Waals surface area contributed by atoms with Gasteiger partial charge in [0.1, 0.15) is 11.4 Å². The minimum atomic E-state index is 0.648. The Balaban J connectivity index is 1.72. The van der Waals surface area contributed by atoms with Crippen molar-refractivity contribution in [1.82, 2.24) is 9.47 Å². The van der Waals surface area contributed by atoms with Crippen LogP contribution in [-0.2, 0) is 11.3 Å². The van der Waals surface area contributed by atoms with Gasteiger partial charge in [-0.25, -0.2) is 4.99 Å². The van der Waals surface area contributed by atoms with Crippen molar-refractivity contribution < 1.29 is 9.47 Å². The summed E-state index contributed by atoms with van der Waals surface area (Å²) in [4.78, 5) is 8.38. The van der Waals surface area contributed by atoms with Gasteiger partial charge in [-0.3, -0.25) is 4.90 Å². The molecule has 1 fully saturated rings. The molecule has 2 aromatic rings. The number of hydrogen-bond donors (Lipinski definition) is 0. The SMILES string of the molecule is CCOc1ccccc1N=c1scc(C)n1CCCN1CCOCC1. The Kier molecular flexibility index (Phi) is 6.67. The minimum Gasteiger partial charge on any atom is -0.492 e. The zero-order chi connectivity index (χ0) is 17.5. The van der Waals surface area contributed by atoms with Crippen LogP contribution in [-0.4, -0.2) is 48.9 Å². The van der Waals surface area contributed by atoms with Gasteiger partial charge in [0.2, 0.25) is 0 Å². The normalized spacial score (nSPS) is 16.3. The second kappa shape index (κ2) is 9.17. The van der Waals surface area contributed by atoms with E-state index in [2.05, 4.69) is 21.8 Å². The molecule has 0 atom stereocenters. The van der Waals surface area contributed by atoms with Crippen molar-refractivity contribution in [1.29, 1.82) is 0 Å². The van der Waals surface area contributed by atoms with Crippen LogP contribution < -0.4 is 9.54 Å². The fourth-order valence-electron chi connectivity index (χ4n) is 2.98. The van der Waals surface area contributed by atoms with Crippen molar-refractivity contribution in [2.75, 3.05) is 39.5 Å². The summed E-state index contributed by atoms with van der Waals surface area (Å²) in [6.07, 6.45) is 1.12. The molecular weight excluding hydrogens is 334 g/mol. The van der Waals surface area contributed by atoms with Gasteiger partial charge in [0.25, 0.3) is 0 Å². The standard InChI is InChI=1S/C19H27N3O2S/c1-3-24-18-8-5-4-7-17(18)20-19-22(16(2)15-25-19)10-6-9-21-11-13-23-14-12-21/h4-5,7-8,15H,3,6,9-14H2,1-2H3. The first-order chi connectivity index (χ1) is 12.3. The molecular formula is C19H27N3O2S. The lowest BCUT2D eigenvalue weighted by Gasteiger charge is -2.26. The zero-order valence-electron chi connectivity index (χ0n) is 15.1. The molecule has 0 amide bonds. The highest BCUT2D eigenvalue weighted by Gasteiger charge is 2.10. The number of thiazole rings is 1. The monoisotopic (exact) mass is 361 g/mol. The maximum atomic E-state index is 5.70. The van der Waals surface area contributed by atoms with Gasteiger partial charge in [-0.1, -0.05) is 12.1 Å². The van der Waals surface area contributed by atoms with E-state index in [1.165, 1.54) is 5.69 Å². The maximum Gasteiger partial charge on any atom is 0.190 e.